The first kappa shape index (κ1) is 14.3. The molecule has 0 spiro atoms. The standard InChI is InChI=1S/C13H19N5O2S/c19-21(20,17-4-6-18-5-3-14-10-18)13-7-12(16-9-13)8-15-11-1-2-11/h3,5,7,9-11,15-17H,1-2,4,6,8H2. The van der Waals surface area contributed by atoms with Crippen LogP contribution in [0.3, 0.4) is 0 Å². The molecule has 8 heteroatoms. The number of aromatic amines is 1. The minimum atomic E-state index is -3.46. The summed E-state index contributed by atoms with van der Waals surface area (Å²) in [5.41, 5.74) is 0.886. The Morgan fingerprint density at radius 3 is 3.00 bits per heavy atom. The molecule has 0 radical (unpaired) electrons. The monoisotopic (exact) mass is 309 g/mol. The quantitative estimate of drug-likeness (QED) is 0.660. The van der Waals surface area contributed by atoms with Crippen molar-refractivity contribution in [1.29, 1.82) is 0 Å². The second-order valence-electron chi connectivity index (χ2n) is 5.21. The first-order valence-electron chi connectivity index (χ1n) is 6.99. The third-order valence-electron chi connectivity index (χ3n) is 3.41. The molecule has 0 unspecified atom stereocenters. The number of sulfonamides is 1. The van der Waals surface area contributed by atoms with Crippen LogP contribution < -0.4 is 10.0 Å². The number of imidazole rings is 1. The Bertz CT molecular complexity index is 673. The lowest BCUT2D eigenvalue weighted by Crippen LogP contribution is -2.27. The highest BCUT2D eigenvalue weighted by Crippen LogP contribution is 2.19. The fraction of sp³-hybridized carbons (Fsp3) is 0.462. The number of hydrogen-bond donors (Lipinski definition) is 3. The molecule has 0 saturated heterocycles. The lowest BCUT2D eigenvalue weighted by Gasteiger charge is -2.05. The van der Waals surface area contributed by atoms with E-state index in [2.05, 4.69) is 20.0 Å². The number of nitrogens with zero attached hydrogens (tertiary/aromatic N) is 2. The van der Waals surface area contributed by atoms with Gasteiger partial charge in [0.2, 0.25) is 10.0 Å². The summed E-state index contributed by atoms with van der Waals surface area (Å²) in [4.78, 5) is 7.19. The van der Waals surface area contributed by atoms with Crippen molar-refractivity contribution >= 4 is 10.0 Å². The SMILES string of the molecule is O=S(=O)(NCCn1ccnc1)c1c[nH]c(CNC2CC2)c1. The second kappa shape index (κ2) is 6.00. The van der Waals surface area contributed by atoms with Gasteiger partial charge in [-0.15, -0.1) is 0 Å². The van der Waals surface area contributed by atoms with E-state index in [1.54, 1.807) is 24.8 Å². The van der Waals surface area contributed by atoms with E-state index in [0.717, 1.165) is 5.69 Å². The molecule has 1 aliphatic carbocycles. The minimum Gasteiger partial charge on any atom is -0.363 e. The molecular formula is C13H19N5O2S. The van der Waals surface area contributed by atoms with Gasteiger partial charge in [-0.1, -0.05) is 0 Å². The largest absolute Gasteiger partial charge is 0.363 e. The van der Waals surface area contributed by atoms with Gasteiger partial charge >= 0.3 is 0 Å². The third-order valence-corrected chi connectivity index (χ3v) is 4.85. The summed E-state index contributed by atoms with van der Waals surface area (Å²) in [7, 11) is -3.46. The van der Waals surface area contributed by atoms with Crippen molar-refractivity contribution in [3.63, 3.8) is 0 Å². The minimum absolute atomic E-state index is 0.278. The molecule has 7 nitrogen and oxygen atoms in total. The van der Waals surface area contributed by atoms with Crippen molar-refractivity contribution in [3.8, 4) is 0 Å². The molecule has 1 aliphatic rings. The van der Waals surface area contributed by atoms with Crippen molar-refractivity contribution in [2.24, 2.45) is 0 Å². The van der Waals surface area contributed by atoms with E-state index in [9.17, 15) is 8.42 Å². The molecule has 0 bridgehead atoms. The van der Waals surface area contributed by atoms with Crippen molar-refractivity contribution < 1.29 is 8.42 Å². The van der Waals surface area contributed by atoms with Gasteiger partial charge < -0.3 is 14.9 Å². The highest BCUT2D eigenvalue weighted by molar-refractivity contribution is 7.89. The molecule has 1 saturated carbocycles. The first-order chi connectivity index (χ1) is 10.1. The topological polar surface area (TPSA) is 91.8 Å². The molecule has 0 aliphatic heterocycles. The third kappa shape index (κ3) is 3.93. The van der Waals surface area contributed by atoms with Crippen molar-refractivity contribution in [2.45, 2.75) is 36.9 Å². The smallest absolute Gasteiger partial charge is 0.242 e. The first-order valence-corrected chi connectivity index (χ1v) is 8.48. The van der Waals surface area contributed by atoms with E-state index in [4.69, 9.17) is 0 Å². The predicted octanol–water partition coefficient (Wildman–Crippen LogP) is 0.442. The van der Waals surface area contributed by atoms with Crippen LogP contribution in [0.25, 0.3) is 0 Å². The molecule has 2 aromatic rings. The fourth-order valence-corrected chi connectivity index (χ4v) is 3.07. The summed E-state index contributed by atoms with van der Waals surface area (Å²) < 4.78 is 28.7. The van der Waals surface area contributed by atoms with Crippen LogP contribution in [0.4, 0.5) is 0 Å². The van der Waals surface area contributed by atoms with Gasteiger partial charge in [0, 0.05) is 50.0 Å². The van der Waals surface area contributed by atoms with E-state index < -0.39 is 10.0 Å². The molecule has 2 heterocycles. The van der Waals surface area contributed by atoms with Crippen LogP contribution in [0.1, 0.15) is 18.5 Å². The summed E-state index contributed by atoms with van der Waals surface area (Å²) in [5, 5.41) is 3.34. The number of nitrogens with one attached hydrogen (secondary N) is 3. The Balaban J connectivity index is 1.53. The zero-order chi connectivity index (χ0) is 14.7. The number of hydrogen-bond acceptors (Lipinski definition) is 4. The Hall–Kier alpha value is -1.64. The van der Waals surface area contributed by atoms with Crippen molar-refractivity contribution in [2.75, 3.05) is 6.54 Å². The zero-order valence-electron chi connectivity index (χ0n) is 11.6. The normalized spacial score (nSPS) is 15.4. The Labute approximate surface area is 123 Å². The van der Waals surface area contributed by atoms with E-state index in [1.165, 1.54) is 19.0 Å². The van der Waals surface area contributed by atoms with E-state index >= 15 is 0 Å². The summed E-state index contributed by atoms with van der Waals surface area (Å²) >= 11 is 0. The summed E-state index contributed by atoms with van der Waals surface area (Å²) in [6, 6.07) is 2.27. The molecule has 114 valence electrons. The van der Waals surface area contributed by atoms with Crippen LogP contribution in [0.5, 0.6) is 0 Å². The zero-order valence-corrected chi connectivity index (χ0v) is 12.4. The van der Waals surface area contributed by atoms with Gasteiger partial charge in [-0.2, -0.15) is 0 Å². The lowest BCUT2D eigenvalue weighted by atomic mass is 10.4. The number of rotatable bonds is 8. The van der Waals surface area contributed by atoms with Crippen LogP contribution in [0, 0.1) is 0 Å². The molecule has 0 atom stereocenters. The van der Waals surface area contributed by atoms with Crippen LogP contribution >= 0.6 is 0 Å². The molecule has 21 heavy (non-hydrogen) atoms. The maximum absolute atomic E-state index is 12.1. The number of aromatic nitrogens is 3. The van der Waals surface area contributed by atoms with Gasteiger partial charge in [-0.05, 0) is 18.9 Å². The average molecular weight is 309 g/mol. The summed E-state index contributed by atoms with van der Waals surface area (Å²) in [6.45, 7) is 1.56. The van der Waals surface area contributed by atoms with Gasteiger partial charge in [-0.25, -0.2) is 18.1 Å². The van der Waals surface area contributed by atoms with Gasteiger partial charge in [0.05, 0.1) is 11.2 Å². The second-order valence-corrected chi connectivity index (χ2v) is 6.98. The summed E-state index contributed by atoms with van der Waals surface area (Å²) in [5.74, 6) is 0. The van der Waals surface area contributed by atoms with Crippen molar-refractivity contribution in [1.82, 2.24) is 24.6 Å². The Morgan fingerprint density at radius 2 is 2.29 bits per heavy atom. The Kier molecular flexibility index (Phi) is 4.09. The molecule has 0 amide bonds. The molecule has 2 aromatic heterocycles. The van der Waals surface area contributed by atoms with E-state index in [0.29, 0.717) is 25.7 Å². The molecular weight excluding hydrogens is 290 g/mol. The van der Waals surface area contributed by atoms with Crippen LogP contribution in [0.15, 0.2) is 35.9 Å². The number of H-pyrrole nitrogens is 1. The lowest BCUT2D eigenvalue weighted by molar-refractivity contribution is 0.573. The van der Waals surface area contributed by atoms with E-state index in [1.807, 2.05) is 4.57 Å². The van der Waals surface area contributed by atoms with Crippen LogP contribution in [0.2, 0.25) is 0 Å². The summed E-state index contributed by atoms with van der Waals surface area (Å²) in [6.07, 6.45) is 9.07. The van der Waals surface area contributed by atoms with Crippen LogP contribution in [-0.4, -0.2) is 35.5 Å². The van der Waals surface area contributed by atoms with E-state index in [-0.39, 0.29) is 4.90 Å². The van der Waals surface area contributed by atoms with Gasteiger partial charge in [0.25, 0.3) is 0 Å². The molecule has 3 N–H and O–H groups in total. The molecule has 3 rings (SSSR count). The highest BCUT2D eigenvalue weighted by atomic mass is 32.2. The van der Waals surface area contributed by atoms with Crippen LogP contribution in [-0.2, 0) is 23.1 Å². The van der Waals surface area contributed by atoms with Gasteiger partial charge in [-0.3, -0.25) is 0 Å². The van der Waals surface area contributed by atoms with Gasteiger partial charge in [0.1, 0.15) is 0 Å². The van der Waals surface area contributed by atoms with Crippen molar-refractivity contribution in [3.05, 3.63) is 36.7 Å². The average Bonchev–Trinajstić information content (AvgIpc) is 2.93. The Morgan fingerprint density at radius 1 is 1.43 bits per heavy atom. The van der Waals surface area contributed by atoms with Gasteiger partial charge in [0.15, 0.2) is 0 Å². The fourth-order valence-electron chi connectivity index (χ4n) is 2.03. The predicted molar refractivity (Wildman–Crippen MR) is 78.1 cm³/mol. The molecule has 0 aromatic carbocycles. The molecule has 1 fully saturated rings. The maximum Gasteiger partial charge on any atom is 0.242 e. The maximum atomic E-state index is 12.1. The highest BCUT2D eigenvalue weighted by Gasteiger charge is 2.21.